The number of amides is 1. The Morgan fingerprint density at radius 3 is 3.00 bits per heavy atom. The van der Waals surface area contributed by atoms with E-state index in [1.165, 1.54) is 12.1 Å². The van der Waals surface area contributed by atoms with E-state index in [0.717, 1.165) is 18.5 Å². The van der Waals surface area contributed by atoms with Crippen molar-refractivity contribution in [1.29, 1.82) is 0 Å². The highest BCUT2D eigenvalue weighted by molar-refractivity contribution is 5.79. The standard InChI is InChI=1S/C14H19N3O3/c1-2-13(16-14(18)11-6-7-15-9-11)10-4-3-5-12(8-10)17(19)20/h3-5,8,11,13,15H,2,6-7,9H2,1H3,(H,16,18). The van der Waals surface area contributed by atoms with Gasteiger partial charge in [0.25, 0.3) is 5.69 Å². The van der Waals surface area contributed by atoms with Gasteiger partial charge >= 0.3 is 0 Å². The minimum atomic E-state index is -0.418. The molecular weight excluding hydrogens is 258 g/mol. The first-order chi connectivity index (χ1) is 9.61. The molecule has 1 fully saturated rings. The molecule has 1 aliphatic heterocycles. The van der Waals surface area contributed by atoms with E-state index in [0.29, 0.717) is 13.0 Å². The number of carbonyl (C=O) groups excluding carboxylic acids is 1. The molecule has 6 heteroatoms. The fourth-order valence-electron chi connectivity index (χ4n) is 2.44. The fourth-order valence-corrected chi connectivity index (χ4v) is 2.44. The summed E-state index contributed by atoms with van der Waals surface area (Å²) in [6.07, 6.45) is 1.55. The molecule has 6 nitrogen and oxygen atoms in total. The van der Waals surface area contributed by atoms with Gasteiger partial charge in [0, 0.05) is 18.7 Å². The van der Waals surface area contributed by atoms with Gasteiger partial charge in [-0.25, -0.2) is 0 Å². The topological polar surface area (TPSA) is 84.3 Å². The number of hydrogen-bond acceptors (Lipinski definition) is 4. The van der Waals surface area contributed by atoms with Gasteiger partial charge in [0.1, 0.15) is 0 Å². The summed E-state index contributed by atoms with van der Waals surface area (Å²) in [6.45, 7) is 3.53. The van der Waals surface area contributed by atoms with Crippen molar-refractivity contribution in [2.45, 2.75) is 25.8 Å². The monoisotopic (exact) mass is 277 g/mol. The van der Waals surface area contributed by atoms with Gasteiger partial charge in [-0.1, -0.05) is 19.1 Å². The van der Waals surface area contributed by atoms with E-state index in [1.54, 1.807) is 6.07 Å². The lowest BCUT2D eigenvalue weighted by Gasteiger charge is -2.19. The average Bonchev–Trinajstić information content (AvgIpc) is 2.99. The lowest BCUT2D eigenvalue weighted by molar-refractivity contribution is -0.384. The first-order valence-electron chi connectivity index (χ1n) is 6.87. The predicted octanol–water partition coefficient (Wildman–Crippen LogP) is 1.77. The van der Waals surface area contributed by atoms with Gasteiger partial charge in [0.15, 0.2) is 0 Å². The number of non-ortho nitro benzene ring substituents is 1. The molecule has 0 radical (unpaired) electrons. The van der Waals surface area contributed by atoms with Crippen LogP contribution in [0.1, 0.15) is 31.4 Å². The summed E-state index contributed by atoms with van der Waals surface area (Å²) in [5, 5.41) is 17.0. The molecule has 108 valence electrons. The van der Waals surface area contributed by atoms with E-state index in [4.69, 9.17) is 0 Å². The smallest absolute Gasteiger partial charge is 0.269 e. The van der Waals surface area contributed by atoms with E-state index >= 15 is 0 Å². The molecule has 1 aliphatic rings. The maximum Gasteiger partial charge on any atom is 0.269 e. The molecule has 2 rings (SSSR count). The summed E-state index contributed by atoms with van der Waals surface area (Å²) in [5.74, 6) is 0.0242. The van der Waals surface area contributed by atoms with E-state index in [-0.39, 0.29) is 23.6 Å². The van der Waals surface area contributed by atoms with Crippen LogP contribution in [0, 0.1) is 16.0 Å². The number of nitro groups is 1. The second-order valence-electron chi connectivity index (χ2n) is 5.01. The molecule has 1 amide bonds. The summed E-state index contributed by atoms with van der Waals surface area (Å²) in [6, 6.07) is 6.27. The first kappa shape index (κ1) is 14.5. The highest BCUT2D eigenvalue weighted by Gasteiger charge is 2.24. The van der Waals surface area contributed by atoms with Crippen LogP contribution >= 0.6 is 0 Å². The van der Waals surface area contributed by atoms with E-state index in [1.807, 2.05) is 13.0 Å². The van der Waals surface area contributed by atoms with Crippen molar-refractivity contribution in [2.24, 2.45) is 5.92 Å². The van der Waals surface area contributed by atoms with Gasteiger partial charge in [-0.05, 0) is 24.9 Å². The zero-order chi connectivity index (χ0) is 14.5. The normalized spacial score (nSPS) is 19.6. The van der Waals surface area contributed by atoms with Crippen molar-refractivity contribution in [2.75, 3.05) is 13.1 Å². The molecule has 2 N–H and O–H groups in total. The predicted molar refractivity (Wildman–Crippen MR) is 75.2 cm³/mol. The number of nitrogens with one attached hydrogen (secondary N) is 2. The molecule has 0 aliphatic carbocycles. The van der Waals surface area contributed by atoms with E-state index in [9.17, 15) is 14.9 Å². The summed E-state index contributed by atoms with van der Waals surface area (Å²) >= 11 is 0. The Morgan fingerprint density at radius 1 is 1.60 bits per heavy atom. The zero-order valence-corrected chi connectivity index (χ0v) is 11.5. The highest BCUT2D eigenvalue weighted by atomic mass is 16.6. The van der Waals surface area contributed by atoms with Crippen LogP contribution in [0.2, 0.25) is 0 Å². The number of nitrogens with zero attached hydrogens (tertiary/aromatic N) is 1. The quantitative estimate of drug-likeness (QED) is 0.634. The third-order valence-electron chi connectivity index (χ3n) is 3.64. The van der Waals surface area contributed by atoms with Crippen molar-refractivity contribution in [1.82, 2.24) is 10.6 Å². The molecule has 1 heterocycles. The number of nitro benzene ring substituents is 1. The third-order valence-corrected chi connectivity index (χ3v) is 3.64. The van der Waals surface area contributed by atoms with Gasteiger partial charge < -0.3 is 10.6 Å². The van der Waals surface area contributed by atoms with Crippen LogP contribution in [0.4, 0.5) is 5.69 Å². The van der Waals surface area contributed by atoms with Crippen LogP contribution in [-0.4, -0.2) is 23.9 Å². The average molecular weight is 277 g/mol. The molecule has 2 atom stereocenters. The van der Waals surface area contributed by atoms with E-state index in [2.05, 4.69) is 10.6 Å². The molecule has 0 aromatic heterocycles. The number of benzene rings is 1. The molecule has 1 saturated heterocycles. The van der Waals surface area contributed by atoms with Crippen LogP contribution in [0.25, 0.3) is 0 Å². The Morgan fingerprint density at radius 2 is 2.40 bits per heavy atom. The van der Waals surface area contributed by atoms with Crippen molar-refractivity contribution in [3.8, 4) is 0 Å². The highest BCUT2D eigenvalue weighted by Crippen LogP contribution is 2.22. The van der Waals surface area contributed by atoms with Crippen LogP contribution in [-0.2, 0) is 4.79 Å². The van der Waals surface area contributed by atoms with Crippen molar-refractivity contribution in [3.63, 3.8) is 0 Å². The van der Waals surface area contributed by atoms with Crippen molar-refractivity contribution >= 4 is 11.6 Å². The molecule has 1 aromatic rings. The largest absolute Gasteiger partial charge is 0.349 e. The maximum absolute atomic E-state index is 12.1. The second kappa shape index (κ2) is 6.47. The Kier molecular flexibility index (Phi) is 4.68. The minimum Gasteiger partial charge on any atom is -0.349 e. The Labute approximate surface area is 117 Å². The van der Waals surface area contributed by atoms with Crippen molar-refractivity contribution < 1.29 is 9.72 Å². The minimum absolute atomic E-state index is 0.00254. The molecule has 0 saturated carbocycles. The van der Waals surface area contributed by atoms with Gasteiger partial charge in [-0.15, -0.1) is 0 Å². The Hall–Kier alpha value is -1.95. The summed E-state index contributed by atoms with van der Waals surface area (Å²) in [7, 11) is 0. The summed E-state index contributed by atoms with van der Waals surface area (Å²) in [4.78, 5) is 22.5. The van der Waals surface area contributed by atoms with Gasteiger partial charge in [-0.3, -0.25) is 14.9 Å². The number of rotatable bonds is 5. The van der Waals surface area contributed by atoms with Gasteiger partial charge in [-0.2, -0.15) is 0 Å². The Bertz CT molecular complexity index is 498. The van der Waals surface area contributed by atoms with Crippen LogP contribution < -0.4 is 10.6 Å². The van der Waals surface area contributed by atoms with Crippen LogP contribution in [0.5, 0.6) is 0 Å². The van der Waals surface area contributed by atoms with Gasteiger partial charge in [0.05, 0.1) is 16.9 Å². The maximum atomic E-state index is 12.1. The van der Waals surface area contributed by atoms with E-state index < -0.39 is 4.92 Å². The lowest BCUT2D eigenvalue weighted by atomic mass is 10.0. The summed E-state index contributed by atoms with van der Waals surface area (Å²) in [5.41, 5.74) is 0.832. The number of hydrogen-bond donors (Lipinski definition) is 2. The SMILES string of the molecule is CCC(NC(=O)C1CCNC1)c1cccc([N+](=O)[O-])c1. The molecule has 0 spiro atoms. The van der Waals surface area contributed by atoms with Crippen LogP contribution in [0.15, 0.2) is 24.3 Å². The van der Waals surface area contributed by atoms with Crippen LogP contribution in [0.3, 0.4) is 0 Å². The van der Waals surface area contributed by atoms with Crippen molar-refractivity contribution in [3.05, 3.63) is 39.9 Å². The summed E-state index contributed by atoms with van der Waals surface area (Å²) < 4.78 is 0. The zero-order valence-electron chi connectivity index (χ0n) is 11.5. The lowest BCUT2D eigenvalue weighted by Crippen LogP contribution is -2.34. The molecule has 0 bridgehead atoms. The molecule has 2 unspecified atom stereocenters. The first-order valence-corrected chi connectivity index (χ1v) is 6.87. The second-order valence-corrected chi connectivity index (χ2v) is 5.01. The van der Waals surface area contributed by atoms with Gasteiger partial charge in [0.2, 0.25) is 5.91 Å². The molecule has 20 heavy (non-hydrogen) atoms. The molecule has 1 aromatic carbocycles. The number of carbonyl (C=O) groups is 1. The Balaban J connectivity index is 2.09. The third kappa shape index (κ3) is 3.33. The molecular formula is C14H19N3O3. The fraction of sp³-hybridized carbons (Fsp3) is 0.500.